The Balaban J connectivity index is 1.81. The Morgan fingerprint density at radius 2 is 2.36 bits per heavy atom. The first-order chi connectivity index (χ1) is 5.29. The van der Waals surface area contributed by atoms with Gasteiger partial charge in [-0.3, -0.25) is 0 Å². The summed E-state index contributed by atoms with van der Waals surface area (Å²) in [6.45, 7) is 4.10. The largest absolute Gasteiger partial charge is 0.381 e. The van der Waals surface area contributed by atoms with E-state index in [9.17, 15) is 0 Å². The van der Waals surface area contributed by atoms with E-state index in [1.54, 1.807) is 0 Å². The van der Waals surface area contributed by atoms with E-state index in [-0.39, 0.29) is 0 Å². The summed E-state index contributed by atoms with van der Waals surface area (Å²) in [4.78, 5) is 0. The van der Waals surface area contributed by atoms with E-state index in [1.807, 2.05) is 0 Å². The molecule has 0 amide bonds. The molecule has 1 aliphatic heterocycles. The van der Waals surface area contributed by atoms with Gasteiger partial charge in [0.2, 0.25) is 0 Å². The van der Waals surface area contributed by atoms with Crippen LogP contribution in [0.5, 0.6) is 0 Å². The predicted octanol–water partition coefficient (Wildman–Crippen LogP) is 1.01. The van der Waals surface area contributed by atoms with Crippen molar-refractivity contribution in [3.05, 3.63) is 0 Å². The summed E-state index contributed by atoms with van der Waals surface area (Å²) < 4.78 is 5.35. The van der Waals surface area contributed by atoms with Crippen molar-refractivity contribution < 1.29 is 4.74 Å². The van der Waals surface area contributed by atoms with Gasteiger partial charge >= 0.3 is 0 Å². The first-order valence-corrected chi connectivity index (χ1v) is 4.62. The number of rotatable bonds is 2. The lowest BCUT2D eigenvalue weighted by molar-refractivity contribution is 0.180. The SMILES string of the molecule is CC(N)C1CC1C1CCOC1. The van der Waals surface area contributed by atoms with Gasteiger partial charge < -0.3 is 10.5 Å². The van der Waals surface area contributed by atoms with Gasteiger partial charge in [0.1, 0.15) is 0 Å². The lowest BCUT2D eigenvalue weighted by Crippen LogP contribution is -2.20. The van der Waals surface area contributed by atoms with Gasteiger partial charge in [0.25, 0.3) is 0 Å². The maximum Gasteiger partial charge on any atom is 0.0497 e. The Morgan fingerprint density at radius 3 is 2.82 bits per heavy atom. The molecule has 2 N–H and O–H groups in total. The molecule has 0 aromatic heterocycles. The zero-order valence-electron chi connectivity index (χ0n) is 7.12. The molecule has 1 aliphatic carbocycles. The van der Waals surface area contributed by atoms with Crippen LogP contribution in [0.25, 0.3) is 0 Å². The number of ether oxygens (including phenoxy) is 1. The van der Waals surface area contributed by atoms with Crippen LogP contribution in [0, 0.1) is 17.8 Å². The average molecular weight is 155 g/mol. The van der Waals surface area contributed by atoms with Crippen molar-refractivity contribution in [2.45, 2.75) is 25.8 Å². The molecule has 11 heavy (non-hydrogen) atoms. The van der Waals surface area contributed by atoms with Crippen LogP contribution in [-0.4, -0.2) is 19.3 Å². The molecule has 0 aromatic carbocycles. The topological polar surface area (TPSA) is 35.2 Å². The second kappa shape index (κ2) is 2.76. The van der Waals surface area contributed by atoms with E-state index in [0.717, 1.165) is 31.0 Å². The van der Waals surface area contributed by atoms with Crippen molar-refractivity contribution in [1.82, 2.24) is 0 Å². The highest BCUT2D eigenvalue weighted by Crippen LogP contribution is 2.48. The van der Waals surface area contributed by atoms with E-state index in [4.69, 9.17) is 10.5 Å². The summed E-state index contributed by atoms with van der Waals surface area (Å²) in [5.41, 5.74) is 5.81. The van der Waals surface area contributed by atoms with Gasteiger partial charge in [-0.15, -0.1) is 0 Å². The molecular formula is C9H17NO. The predicted molar refractivity (Wildman–Crippen MR) is 44.2 cm³/mol. The molecule has 0 spiro atoms. The highest BCUT2D eigenvalue weighted by atomic mass is 16.5. The molecule has 0 radical (unpaired) electrons. The van der Waals surface area contributed by atoms with Gasteiger partial charge in [0.05, 0.1) is 0 Å². The standard InChI is InChI=1S/C9H17NO/c1-6(10)8-4-9(8)7-2-3-11-5-7/h6-9H,2-5,10H2,1H3. The third-order valence-electron chi connectivity index (χ3n) is 3.14. The fraction of sp³-hybridized carbons (Fsp3) is 1.00. The minimum Gasteiger partial charge on any atom is -0.381 e. The Hall–Kier alpha value is -0.0800. The first-order valence-electron chi connectivity index (χ1n) is 4.62. The molecule has 0 aromatic rings. The molecule has 1 saturated carbocycles. The van der Waals surface area contributed by atoms with Crippen LogP contribution in [0.4, 0.5) is 0 Å². The van der Waals surface area contributed by atoms with Gasteiger partial charge in [-0.05, 0) is 37.5 Å². The highest BCUT2D eigenvalue weighted by Gasteiger charge is 2.45. The summed E-state index contributed by atoms with van der Waals surface area (Å²) in [5, 5.41) is 0. The Kier molecular flexibility index (Phi) is 1.90. The van der Waals surface area contributed by atoms with Crippen molar-refractivity contribution in [2.24, 2.45) is 23.5 Å². The molecule has 1 heterocycles. The Morgan fingerprint density at radius 1 is 1.55 bits per heavy atom. The lowest BCUT2D eigenvalue weighted by Gasteiger charge is -2.07. The van der Waals surface area contributed by atoms with Crippen LogP contribution >= 0.6 is 0 Å². The fourth-order valence-electron chi connectivity index (χ4n) is 2.27. The normalized spacial score (nSPS) is 45.8. The molecule has 2 fully saturated rings. The summed E-state index contributed by atoms with van der Waals surface area (Å²) in [7, 11) is 0. The smallest absolute Gasteiger partial charge is 0.0497 e. The van der Waals surface area contributed by atoms with E-state index >= 15 is 0 Å². The molecule has 4 atom stereocenters. The minimum absolute atomic E-state index is 0.403. The van der Waals surface area contributed by atoms with Crippen molar-refractivity contribution in [3.63, 3.8) is 0 Å². The van der Waals surface area contributed by atoms with Crippen LogP contribution in [0.15, 0.2) is 0 Å². The molecule has 1 saturated heterocycles. The van der Waals surface area contributed by atoms with Crippen molar-refractivity contribution in [2.75, 3.05) is 13.2 Å². The van der Waals surface area contributed by atoms with Gasteiger partial charge in [-0.2, -0.15) is 0 Å². The van der Waals surface area contributed by atoms with Crippen LogP contribution in [0.3, 0.4) is 0 Å². The van der Waals surface area contributed by atoms with E-state index in [1.165, 1.54) is 12.8 Å². The lowest BCUT2D eigenvalue weighted by atomic mass is 10.00. The van der Waals surface area contributed by atoms with E-state index < -0.39 is 0 Å². The molecule has 0 bridgehead atoms. The van der Waals surface area contributed by atoms with Crippen molar-refractivity contribution in [1.29, 1.82) is 0 Å². The summed E-state index contributed by atoms with van der Waals surface area (Å²) in [6.07, 6.45) is 2.62. The number of hydrogen-bond acceptors (Lipinski definition) is 2. The monoisotopic (exact) mass is 155 g/mol. The maximum atomic E-state index is 5.81. The van der Waals surface area contributed by atoms with Crippen LogP contribution in [-0.2, 0) is 4.74 Å². The summed E-state index contributed by atoms with van der Waals surface area (Å²) in [6, 6.07) is 0.403. The third kappa shape index (κ3) is 1.42. The molecular weight excluding hydrogens is 138 g/mol. The Bertz CT molecular complexity index is 140. The van der Waals surface area contributed by atoms with Crippen LogP contribution in [0.1, 0.15) is 19.8 Å². The second-order valence-corrected chi connectivity index (χ2v) is 4.05. The number of hydrogen-bond donors (Lipinski definition) is 1. The van der Waals surface area contributed by atoms with Crippen molar-refractivity contribution in [3.8, 4) is 0 Å². The fourth-order valence-corrected chi connectivity index (χ4v) is 2.27. The molecule has 2 aliphatic rings. The molecule has 2 nitrogen and oxygen atoms in total. The highest BCUT2D eigenvalue weighted by molar-refractivity contribution is 4.96. The van der Waals surface area contributed by atoms with Gasteiger partial charge in [0, 0.05) is 19.3 Å². The zero-order valence-corrected chi connectivity index (χ0v) is 7.12. The first kappa shape index (κ1) is 7.56. The molecule has 2 rings (SSSR count). The van der Waals surface area contributed by atoms with Gasteiger partial charge in [-0.25, -0.2) is 0 Å². The minimum atomic E-state index is 0.403. The zero-order chi connectivity index (χ0) is 7.84. The van der Waals surface area contributed by atoms with Crippen LogP contribution < -0.4 is 5.73 Å². The average Bonchev–Trinajstić information content (AvgIpc) is 2.60. The van der Waals surface area contributed by atoms with Gasteiger partial charge in [-0.1, -0.05) is 0 Å². The Labute approximate surface area is 68.1 Å². The van der Waals surface area contributed by atoms with E-state index in [2.05, 4.69) is 6.92 Å². The summed E-state index contributed by atoms with van der Waals surface area (Å²) in [5.74, 6) is 2.55. The van der Waals surface area contributed by atoms with Crippen molar-refractivity contribution >= 4 is 0 Å². The molecule has 64 valence electrons. The molecule has 4 unspecified atom stereocenters. The maximum absolute atomic E-state index is 5.81. The number of nitrogens with two attached hydrogens (primary N) is 1. The van der Waals surface area contributed by atoms with E-state index in [0.29, 0.717) is 6.04 Å². The quantitative estimate of drug-likeness (QED) is 0.646. The van der Waals surface area contributed by atoms with Crippen LogP contribution in [0.2, 0.25) is 0 Å². The molecule has 2 heteroatoms. The van der Waals surface area contributed by atoms with Gasteiger partial charge in [0.15, 0.2) is 0 Å². The third-order valence-corrected chi connectivity index (χ3v) is 3.14. The second-order valence-electron chi connectivity index (χ2n) is 4.05. The summed E-state index contributed by atoms with van der Waals surface area (Å²) >= 11 is 0.